The first-order valence-corrected chi connectivity index (χ1v) is 11.5. The van der Waals surface area contributed by atoms with Crippen LogP contribution in [0.2, 0.25) is 0 Å². The van der Waals surface area contributed by atoms with Crippen molar-refractivity contribution in [1.29, 1.82) is 0 Å². The van der Waals surface area contributed by atoms with Gasteiger partial charge in [-0.25, -0.2) is 0 Å². The second kappa shape index (κ2) is 10.2. The normalized spacial score (nSPS) is 25.4. The minimum Gasteiger partial charge on any atom is -0.497 e. The maximum Gasteiger partial charge on any atom is 0.144 e. The fraction of sp³-hybridized carbons (Fsp3) is 0.357. The first kappa shape index (κ1) is 22.9. The Labute approximate surface area is 200 Å². The van der Waals surface area contributed by atoms with Gasteiger partial charge >= 0.3 is 0 Å². The van der Waals surface area contributed by atoms with E-state index >= 15 is 0 Å². The molecule has 0 aromatic heterocycles. The molecule has 34 heavy (non-hydrogen) atoms. The van der Waals surface area contributed by atoms with Crippen molar-refractivity contribution >= 4 is 0 Å². The number of hydrogen-bond donors (Lipinski definition) is 0. The van der Waals surface area contributed by atoms with Crippen molar-refractivity contribution in [1.82, 2.24) is 0 Å². The molecule has 2 aliphatic rings. The molecule has 3 aromatic rings. The van der Waals surface area contributed by atoms with Gasteiger partial charge < -0.3 is 28.4 Å². The molecule has 3 aromatic carbocycles. The number of hydrogen-bond acceptors (Lipinski definition) is 6. The van der Waals surface area contributed by atoms with Gasteiger partial charge in [-0.05, 0) is 41.0 Å². The molecule has 0 unspecified atom stereocenters. The van der Waals surface area contributed by atoms with Crippen molar-refractivity contribution in [2.24, 2.45) is 0 Å². The summed E-state index contributed by atoms with van der Waals surface area (Å²) in [7, 11) is 3.32. The van der Waals surface area contributed by atoms with Gasteiger partial charge in [-0.1, -0.05) is 54.6 Å². The second-order valence-corrected chi connectivity index (χ2v) is 8.71. The zero-order valence-corrected chi connectivity index (χ0v) is 19.5. The van der Waals surface area contributed by atoms with E-state index in [-0.39, 0.29) is 18.3 Å². The van der Waals surface area contributed by atoms with E-state index in [1.807, 2.05) is 66.7 Å². The molecule has 2 saturated heterocycles. The maximum absolute atomic E-state index is 6.63. The molecule has 0 aliphatic carbocycles. The summed E-state index contributed by atoms with van der Waals surface area (Å²) in [4.78, 5) is 0. The lowest BCUT2D eigenvalue weighted by atomic mass is 9.97. The largest absolute Gasteiger partial charge is 0.497 e. The van der Waals surface area contributed by atoms with Crippen molar-refractivity contribution in [3.63, 3.8) is 0 Å². The van der Waals surface area contributed by atoms with Crippen molar-refractivity contribution < 1.29 is 28.4 Å². The van der Waals surface area contributed by atoms with Gasteiger partial charge in [0.1, 0.15) is 35.4 Å². The average Bonchev–Trinajstić information content (AvgIpc) is 3.40. The molecule has 0 amide bonds. The number of rotatable bonds is 10. The first-order chi connectivity index (χ1) is 16.7. The highest BCUT2D eigenvalue weighted by Crippen LogP contribution is 2.49. The van der Waals surface area contributed by atoms with Crippen LogP contribution in [0.4, 0.5) is 0 Å². The van der Waals surface area contributed by atoms with Crippen molar-refractivity contribution in [2.75, 3.05) is 27.4 Å². The molecule has 0 saturated carbocycles. The van der Waals surface area contributed by atoms with E-state index in [1.165, 1.54) is 0 Å². The summed E-state index contributed by atoms with van der Waals surface area (Å²) in [6, 6.07) is 26.0. The number of methoxy groups -OCH3 is 2. The summed E-state index contributed by atoms with van der Waals surface area (Å²) in [6.45, 7) is 1.75. The van der Waals surface area contributed by atoms with E-state index < -0.39 is 5.60 Å². The van der Waals surface area contributed by atoms with Gasteiger partial charge in [0.05, 0.1) is 40.6 Å². The lowest BCUT2D eigenvalue weighted by molar-refractivity contribution is -0.176. The van der Waals surface area contributed by atoms with E-state index in [9.17, 15) is 0 Å². The van der Waals surface area contributed by atoms with Crippen molar-refractivity contribution in [3.05, 3.63) is 95.6 Å². The van der Waals surface area contributed by atoms with Gasteiger partial charge in [-0.15, -0.1) is 0 Å². The van der Waals surface area contributed by atoms with Crippen LogP contribution in [-0.2, 0) is 32.2 Å². The number of fused-ring (bicyclic) bond motifs is 2. The maximum atomic E-state index is 6.63. The van der Waals surface area contributed by atoms with Crippen LogP contribution in [0.3, 0.4) is 0 Å². The topological polar surface area (TPSA) is 55.4 Å². The Hall–Kier alpha value is -2.90. The Morgan fingerprint density at radius 2 is 1.41 bits per heavy atom. The third-order valence-corrected chi connectivity index (χ3v) is 6.49. The summed E-state index contributed by atoms with van der Waals surface area (Å²) in [5.74, 6) is 1.65. The predicted molar refractivity (Wildman–Crippen MR) is 127 cm³/mol. The van der Waals surface area contributed by atoms with Crippen LogP contribution in [-0.4, -0.2) is 45.2 Å². The van der Waals surface area contributed by atoms with Crippen molar-refractivity contribution in [3.8, 4) is 11.5 Å². The lowest BCUT2D eigenvalue weighted by Crippen LogP contribution is -2.46. The molecule has 2 heterocycles. The molecule has 0 radical (unpaired) electrons. The standard InChI is InChI=1S/C28H30O6/c1-29-23-12-8-20(9-13-23)16-31-18-28-19-33-26(25(34-28)22-6-4-3-5-7-22)27(28)32-17-21-10-14-24(30-2)15-11-21/h3-15,25-27H,16-19H2,1-2H3/t25-,26+,27+,28+/m0/s1. The molecule has 6 heteroatoms. The summed E-state index contributed by atoms with van der Waals surface area (Å²) in [5.41, 5.74) is 2.56. The minimum atomic E-state index is -0.663. The SMILES string of the molecule is COc1ccc(COC[C@@]23CO[C@@H]([C@H]2OCc2ccc(OC)cc2)[C@H](c2ccccc2)O3)cc1. The first-order valence-electron chi connectivity index (χ1n) is 11.5. The Kier molecular flexibility index (Phi) is 6.83. The smallest absolute Gasteiger partial charge is 0.144 e. The molecule has 2 aliphatic heterocycles. The Bertz CT molecular complexity index is 1050. The van der Waals surface area contributed by atoms with Crippen LogP contribution < -0.4 is 9.47 Å². The van der Waals surface area contributed by atoms with Gasteiger partial charge in [0.2, 0.25) is 0 Å². The van der Waals surface area contributed by atoms with Gasteiger partial charge in [0.25, 0.3) is 0 Å². The summed E-state index contributed by atoms with van der Waals surface area (Å²) < 4.78 is 36.0. The van der Waals surface area contributed by atoms with Crippen molar-refractivity contribution in [2.45, 2.75) is 37.1 Å². The number of ether oxygens (including phenoxy) is 6. The predicted octanol–water partition coefficient (Wildman–Crippen LogP) is 4.71. The van der Waals surface area contributed by atoms with Gasteiger partial charge in [-0.3, -0.25) is 0 Å². The van der Waals surface area contributed by atoms with Crippen LogP contribution >= 0.6 is 0 Å². The summed E-state index contributed by atoms with van der Waals surface area (Å²) >= 11 is 0. The number of benzene rings is 3. The third kappa shape index (κ3) is 4.68. The van der Waals surface area contributed by atoms with Crippen LogP contribution in [0.25, 0.3) is 0 Å². The lowest BCUT2D eigenvalue weighted by Gasteiger charge is -2.31. The molecule has 0 N–H and O–H groups in total. The van der Waals surface area contributed by atoms with E-state index in [2.05, 4.69) is 12.1 Å². The highest BCUT2D eigenvalue weighted by atomic mass is 16.7. The fourth-order valence-electron chi connectivity index (χ4n) is 4.65. The van der Waals surface area contributed by atoms with Gasteiger partial charge in [0, 0.05) is 0 Å². The van der Waals surface area contributed by atoms with Crippen LogP contribution in [0, 0.1) is 0 Å². The monoisotopic (exact) mass is 462 g/mol. The molecular weight excluding hydrogens is 432 g/mol. The summed E-state index contributed by atoms with van der Waals surface area (Å²) in [6.07, 6.45) is -0.624. The summed E-state index contributed by atoms with van der Waals surface area (Å²) in [5, 5.41) is 0. The van der Waals surface area contributed by atoms with Gasteiger partial charge in [0.15, 0.2) is 0 Å². The third-order valence-electron chi connectivity index (χ3n) is 6.49. The molecule has 0 spiro atoms. The second-order valence-electron chi connectivity index (χ2n) is 8.71. The van der Waals surface area contributed by atoms with E-state index in [0.717, 1.165) is 28.2 Å². The van der Waals surface area contributed by atoms with E-state index in [4.69, 9.17) is 28.4 Å². The molecule has 2 fully saturated rings. The highest BCUT2D eigenvalue weighted by molar-refractivity contribution is 5.28. The van der Waals surface area contributed by atoms with Crippen LogP contribution in [0.5, 0.6) is 11.5 Å². The van der Waals surface area contributed by atoms with Gasteiger partial charge in [-0.2, -0.15) is 0 Å². The Morgan fingerprint density at radius 3 is 2.03 bits per heavy atom. The average molecular weight is 463 g/mol. The minimum absolute atomic E-state index is 0.190. The molecule has 2 bridgehead atoms. The molecule has 178 valence electrons. The van der Waals surface area contributed by atoms with E-state index in [0.29, 0.717) is 26.4 Å². The molecule has 5 rings (SSSR count). The molecule has 4 atom stereocenters. The van der Waals surface area contributed by atoms with Crippen LogP contribution in [0.15, 0.2) is 78.9 Å². The Balaban J connectivity index is 1.30. The highest BCUT2D eigenvalue weighted by Gasteiger charge is 2.62. The molecular formula is C28H30O6. The zero-order valence-electron chi connectivity index (χ0n) is 19.5. The molecule has 6 nitrogen and oxygen atoms in total. The quantitative estimate of drug-likeness (QED) is 0.435. The Morgan fingerprint density at radius 1 is 0.794 bits per heavy atom. The van der Waals surface area contributed by atoms with Crippen LogP contribution in [0.1, 0.15) is 22.8 Å². The van der Waals surface area contributed by atoms with E-state index in [1.54, 1.807) is 14.2 Å². The fourth-order valence-corrected chi connectivity index (χ4v) is 4.65. The zero-order chi connectivity index (χ0) is 23.4.